The molecule has 3 nitrogen and oxygen atoms in total. The van der Waals surface area contributed by atoms with Crippen molar-refractivity contribution in [1.82, 2.24) is 9.80 Å². The minimum Gasteiger partial charge on any atom is -0.342 e. The van der Waals surface area contributed by atoms with Gasteiger partial charge in [0.15, 0.2) is 0 Å². The fourth-order valence-electron chi connectivity index (χ4n) is 1.73. The highest BCUT2D eigenvalue weighted by Gasteiger charge is 2.11. The third kappa shape index (κ3) is 8.19. The van der Waals surface area contributed by atoms with Crippen LogP contribution in [0.2, 0.25) is 0 Å². The molecule has 0 saturated heterocycles. The van der Waals surface area contributed by atoms with Gasteiger partial charge >= 0.3 is 0 Å². The van der Waals surface area contributed by atoms with E-state index in [-0.39, 0.29) is 0 Å². The van der Waals surface area contributed by atoms with E-state index in [4.69, 9.17) is 0 Å². The molecule has 0 aromatic heterocycles. The van der Waals surface area contributed by atoms with E-state index >= 15 is 0 Å². The van der Waals surface area contributed by atoms with Gasteiger partial charge in [0.25, 0.3) is 0 Å². The van der Waals surface area contributed by atoms with Gasteiger partial charge in [-0.15, -0.1) is 0 Å². The standard InChI is InChI=1S/C14H30N2O/c1-6-15(5)11-12-16(7-2)14(17)10-8-9-13(3)4/h13H,6-12H2,1-5H3. The zero-order chi connectivity index (χ0) is 13.3. The van der Waals surface area contributed by atoms with Crippen molar-refractivity contribution in [3.05, 3.63) is 0 Å². The summed E-state index contributed by atoms with van der Waals surface area (Å²) in [5.74, 6) is 1.02. The van der Waals surface area contributed by atoms with Gasteiger partial charge in [-0.3, -0.25) is 4.79 Å². The maximum Gasteiger partial charge on any atom is 0.222 e. The largest absolute Gasteiger partial charge is 0.342 e. The van der Waals surface area contributed by atoms with Crippen LogP contribution in [0.3, 0.4) is 0 Å². The Morgan fingerprint density at radius 1 is 1.12 bits per heavy atom. The van der Waals surface area contributed by atoms with Crippen molar-refractivity contribution < 1.29 is 4.79 Å². The molecule has 0 fully saturated rings. The summed E-state index contributed by atoms with van der Waals surface area (Å²) in [6.45, 7) is 12.3. The molecule has 0 aliphatic heterocycles. The fourth-order valence-corrected chi connectivity index (χ4v) is 1.73. The Morgan fingerprint density at radius 3 is 2.24 bits per heavy atom. The number of hydrogen-bond donors (Lipinski definition) is 0. The Bertz CT molecular complexity index is 204. The summed E-state index contributed by atoms with van der Waals surface area (Å²) in [5.41, 5.74) is 0. The normalized spacial score (nSPS) is 11.2. The van der Waals surface area contributed by atoms with Crippen molar-refractivity contribution >= 4 is 5.91 Å². The summed E-state index contributed by atoms with van der Waals surface area (Å²) in [6, 6.07) is 0. The lowest BCUT2D eigenvalue weighted by atomic mass is 10.1. The zero-order valence-corrected chi connectivity index (χ0v) is 12.3. The molecule has 0 aliphatic carbocycles. The van der Waals surface area contributed by atoms with Gasteiger partial charge in [0, 0.05) is 26.1 Å². The first-order chi connectivity index (χ1) is 8.01. The van der Waals surface area contributed by atoms with Crippen molar-refractivity contribution in [2.24, 2.45) is 5.92 Å². The Morgan fingerprint density at radius 2 is 1.76 bits per heavy atom. The Labute approximate surface area is 107 Å². The van der Waals surface area contributed by atoms with Gasteiger partial charge in [0.1, 0.15) is 0 Å². The van der Waals surface area contributed by atoms with E-state index in [1.54, 1.807) is 0 Å². The highest BCUT2D eigenvalue weighted by Crippen LogP contribution is 2.08. The zero-order valence-electron chi connectivity index (χ0n) is 12.3. The van der Waals surface area contributed by atoms with Crippen molar-refractivity contribution in [3.8, 4) is 0 Å². The molecule has 0 bridgehead atoms. The SMILES string of the molecule is CCN(C)CCN(CC)C(=O)CCCC(C)C. The van der Waals surface area contributed by atoms with Crippen LogP contribution in [0, 0.1) is 5.92 Å². The average molecular weight is 242 g/mol. The molecule has 0 radical (unpaired) electrons. The molecule has 1 amide bonds. The summed E-state index contributed by atoms with van der Waals surface area (Å²) in [4.78, 5) is 16.2. The summed E-state index contributed by atoms with van der Waals surface area (Å²) >= 11 is 0. The predicted octanol–water partition coefficient (Wildman–Crippen LogP) is 2.61. The molecular formula is C14H30N2O. The third-order valence-electron chi connectivity index (χ3n) is 3.20. The number of nitrogens with zero attached hydrogens (tertiary/aromatic N) is 2. The lowest BCUT2D eigenvalue weighted by Crippen LogP contribution is -2.37. The second kappa shape index (κ2) is 9.46. The van der Waals surface area contributed by atoms with Gasteiger partial charge in [0.05, 0.1) is 0 Å². The summed E-state index contributed by atoms with van der Waals surface area (Å²) < 4.78 is 0. The second-order valence-electron chi connectivity index (χ2n) is 5.16. The van der Waals surface area contributed by atoms with E-state index in [0.717, 1.165) is 39.0 Å². The number of likely N-dealkylation sites (N-methyl/N-ethyl adjacent to an activating group) is 2. The average Bonchev–Trinajstić information content (AvgIpc) is 2.28. The van der Waals surface area contributed by atoms with Gasteiger partial charge in [-0.2, -0.15) is 0 Å². The van der Waals surface area contributed by atoms with Crippen LogP contribution in [0.1, 0.15) is 47.0 Å². The van der Waals surface area contributed by atoms with Gasteiger partial charge < -0.3 is 9.80 Å². The van der Waals surface area contributed by atoms with Crippen LogP contribution in [-0.4, -0.2) is 48.9 Å². The number of carbonyl (C=O) groups is 1. The van der Waals surface area contributed by atoms with E-state index in [2.05, 4.69) is 39.6 Å². The quantitative estimate of drug-likeness (QED) is 0.620. The van der Waals surface area contributed by atoms with Gasteiger partial charge in [0.2, 0.25) is 5.91 Å². The minimum atomic E-state index is 0.317. The van der Waals surface area contributed by atoms with Crippen LogP contribution in [0.4, 0.5) is 0 Å². The van der Waals surface area contributed by atoms with Gasteiger partial charge in [-0.1, -0.05) is 27.2 Å². The van der Waals surface area contributed by atoms with E-state index in [0.29, 0.717) is 18.2 Å². The third-order valence-corrected chi connectivity index (χ3v) is 3.20. The lowest BCUT2D eigenvalue weighted by Gasteiger charge is -2.24. The van der Waals surface area contributed by atoms with Crippen LogP contribution in [0.25, 0.3) is 0 Å². The number of hydrogen-bond acceptors (Lipinski definition) is 2. The number of rotatable bonds is 9. The fraction of sp³-hybridized carbons (Fsp3) is 0.929. The van der Waals surface area contributed by atoms with Crippen LogP contribution >= 0.6 is 0 Å². The molecule has 17 heavy (non-hydrogen) atoms. The molecule has 0 N–H and O–H groups in total. The van der Waals surface area contributed by atoms with Gasteiger partial charge in [-0.05, 0) is 32.9 Å². The van der Waals surface area contributed by atoms with E-state index in [9.17, 15) is 4.79 Å². The molecule has 0 atom stereocenters. The lowest BCUT2D eigenvalue weighted by molar-refractivity contribution is -0.131. The molecule has 3 heteroatoms. The molecule has 0 aliphatic rings. The van der Waals surface area contributed by atoms with Crippen LogP contribution in [0.5, 0.6) is 0 Å². The Balaban J connectivity index is 3.87. The molecule has 0 saturated carbocycles. The molecule has 0 spiro atoms. The summed E-state index contributed by atoms with van der Waals surface area (Å²) in [7, 11) is 2.09. The van der Waals surface area contributed by atoms with E-state index < -0.39 is 0 Å². The molecule has 0 heterocycles. The van der Waals surface area contributed by atoms with Crippen molar-refractivity contribution in [1.29, 1.82) is 0 Å². The van der Waals surface area contributed by atoms with Gasteiger partial charge in [-0.25, -0.2) is 0 Å². The molecule has 0 aromatic rings. The highest BCUT2D eigenvalue weighted by atomic mass is 16.2. The molecule has 0 aromatic carbocycles. The Kier molecular flexibility index (Phi) is 9.14. The van der Waals surface area contributed by atoms with Crippen molar-refractivity contribution in [3.63, 3.8) is 0 Å². The molecular weight excluding hydrogens is 212 g/mol. The molecule has 0 unspecified atom stereocenters. The number of amides is 1. The van der Waals surface area contributed by atoms with E-state index in [1.807, 2.05) is 4.90 Å². The predicted molar refractivity (Wildman–Crippen MR) is 74.1 cm³/mol. The Hall–Kier alpha value is -0.570. The second-order valence-corrected chi connectivity index (χ2v) is 5.16. The summed E-state index contributed by atoms with van der Waals surface area (Å²) in [5, 5.41) is 0. The minimum absolute atomic E-state index is 0.317. The number of carbonyl (C=O) groups excluding carboxylic acids is 1. The van der Waals surface area contributed by atoms with Crippen molar-refractivity contribution in [2.75, 3.05) is 33.2 Å². The van der Waals surface area contributed by atoms with Crippen LogP contribution in [-0.2, 0) is 4.79 Å². The highest BCUT2D eigenvalue weighted by molar-refractivity contribution is 5.76. The monoisotopic (exact) mass is 242 g/mol. The van der Waals surface area contributed by atoms with E-state index in [1.165, 1.54) is 0 Å². The van der Waals surface area contributed by atoms with Crippen molar-refractivity contribution in [2.45, 2.75) is 47.0 Å². The maximum absolute atomic E-state index is 12.0. The maximum atomic E-state index is 12.0. The first-order valence-electron chi connectivity index (χ1n) is 6.97. The molecule has 0 rings (SSSR count). The first kappa shape index (κ1) is 16.4. The first-order valence-corrected chi connectivity index (χ1v) is 6.97. The topological polar surface area (TPSA) is 23.6 Å². The molecule has 102 valence electrons. The summed E-state index contributed by atoms with van der Waals surface area (Å²) in [6.07, 6.45) is 2.89. The smallest absolute Gasteiger partial charge is 0.222 e. The van der Waals surface area contributed by atoms with Crippen LogP contribution in [0.15, 0.2) is 0 Å². The van der Waals surface area contributed by atoms with Crippen LogP contribution < -0.4 is 0 Å².